The zero-order valence-electron chi connectivity index (χ0n) is 31.0. The van der Waals surface area contributed by atoms with Crippen molar-refractivity contribution in [2.45, 2.75) is 96.4 Å². The van der Waals surface area contributed by atoms with Crippen molar-refractivity contribution in [1.29, 1.82) is 0 Å². The Bertz CT molecular complexity index is 1730. The highest BCUT2D eigenvalue weighted by Crippen LogP contribution is 2.37. The third-order valence-electron chi connectivity index (χ3n) is 12.2. The van der Waals surface area contributed by atoms with Gasteiger partial charge in [0.25, 0.3) is 0 Å². The zero-order chi connectivity index (χ0) is 37.3. The van der Waals surface area contributed by atoms with E-state index in [1.165, 1.54) is 4.90 Å². The van der Waals surface area contributed by atoms with E-state index in [-0.39, 0.29) is 30.3 Å². The van der Waals surface area contributed by atoms with Crippen LogP contribution in [0.15, 0.2) is 36.4 Å². The summed E-state index contributed by atoms with van der Waals surface area (Å²) < 4.78 is 27.1. The van der Waals surface area contributed by atoms with Crippen LogP contribution < -0.4 is 5.32 Å². The van der Waals surface area contributed by atoms with Gasteiger partial charge in [-0.05, 0) is 119 Å². The van der Waals surface area contributed by atoms with E-state index in [1.807, 2.05) is 60.0 Å². The first kappa shape index (κ1) is 37.9. The van der Waals surface area contributed by atoms with Gasteiger partial charge >= 0.3 is 12.1 Å². The number of aryl methyl sites for hydroxylation is 2. The lowest BCUT2D eigenvalue weighted by Crippen LogP contribution is -2.59. The van der Waals surface area contributed by atoms with Crippen LogP contribution in [0.2, 0.25) is 0 Å². The minimum atomic E-state index is -3.27. The zero-order valence-corrected chi connectivity index (χ0v) is 31.8. The molecule has 4 heterocycles. The number of carbonyl (C=O) groups excluding carboxylic acids is 2. The molecule has 13 heteroatoms. The maximum Gasteiger partial charge on any atom is 0.407 e. The SMILES string of the molecule is Cc1cc(CC(C(=O)N2CCC(C3CCN(S(=O)(=O)C(C)C)CC3)CC2)C2C[C@H](N3CCc4ccccc4NC3=O)CCN2C(=O)O)cc(C)c1O. The van der Waals surface area contributed by atoms with Gasteiger partial charge in [0.2, 0.25) is 15.9 Å². The van der Waals surface area contributed by atoms with Crippen molar-refractivity contribution in [3.63, 3.8) is 0 Å². The molecular formula is C39H55N5O7S. The minimum absolute atomic E-state index is 0.0794. The van der Waals surface area contributed by atoms with Crippen LogP contribution >= 0.6 is 0 Å². The van der Waals surface area contributed by atoms with Crippen molar-refractivity contribution >= 4 is 33.7 Å². The lowest BCUT2D eigenvalue weighted by molar-refractivity contribution is -0.140. The summed E-state index contributed by atoms with van der Waals surface area (Å²) in [7, 11) is -3.27. The quantitative estimate of drug-likeness (QED) is 0.326. The molecule has 3 N–H and O–H groups in total. The highest BCUT2D eigenvalue weighted by atomic mass is 32.2. The number of anilines is 1. The number of aromatic hydroxyl groups is 1. The highest BCUT2D eigenvalue weighted by Gasteiger charge is 2.45. The molecule has 0 radical (unpaired) electrons. The van der Waals surface area contributed by atoms with Gasteiger partial charge in [-0.2, -0.15) is 0 Å². The molecule has 0 spiro atoms. The Kier molecular flexibility index (Phi) is 11.4. The molecule has 4 aliphatic heterocycles. The number of nitrogens with zero attached hydrogens (tertiary/aromatic N) is 4. The van der Waals surface area contributed by atoms with Crippen LogP contribution in [-0.2, 0) is 27.7 Å². The van der Waals surface area contributed by atoms with Gasteiger partial charge in [0.1, 0.15) is 5.75 Å². The Balaban J connectivity index is 1.21. The molecule has 0 aromatic heterocycles. The van der Waals surface area contributed by atoms with E-state index >= 15 is 0 Å². The Hall–Kier alpha value is -3.84. The molecule has 3 atom stereocenters. The number of sulfonamides is 1. The Morgan fingerprint density at radius 3 is 2.13 bits per heavy atom. The minimum Gasteiger partial charge on any atom is -0.507 e. The molecular weight excluding hydrogens is 683 g/mol. The maximum absolute atomic E-state index is 14.7. The number of urea groups is 1. The number of para-hydroxylation sites is 1. The number of amides is 4. The van der Waals surface area contributed by atoms with Gasteiger partial charge in [-0.25, -0.2) is 22.3 Å². The topological polar surface area (TPSA) is 151 Å². The van der Waals surface area contributed by atoms with E-state index in [1.54, 1.807) is 18.2 Å². The van der Waals surface area contributed by atoms with Gasteiger partial charge in [-0.1, -0.05) is 30.3 Å². The molecule has 6 rings (SSSR count). The maximum atomic E-state index is 14.7. The number of likely N-dealkylation sites (tertiary alicyclic amines) is 2. The number of benzene rings is 2. The van der Waals surface area contributed by atoms with Gasteiger partial charge in [0.05, 0.1) is 11.2 Å². The smallest absolute Gasteiger partial charge is 0.407 e. The number of fused-ring (bicyclic) bond motifs is 1. The second-order valence-electron chi connectivity index (χ2n) is 15.6. The Morgan fingerprint density at radius 1 is 0.904 bits per heavy atom. The second-order valence-corrected chi connectivity index (χ2v) is 18.1. The monoisotopic (exact) mass is 737 g/mol. The van der Waals surface area contributed by atoms with Crippen molar-refractivity contribution in [3.05, 3.63) is 58.7 Å². The van der Waals surface area contributed by atoms with Crippen LogP contribution in [0.25, 0.3) is 0 Å². The van der Waals surface area contributed by atoms with Gasteiger partial charge in [0, 0.05) is 57.0 Å². The van der Waals surface area contributed by atoms with Crippen LogP contribution in [-0.4, -0.2) is 112 Å². The molecule has 0 aliphatic carbocycles. The number of phenolic OH excluding ortho intramolecular Hbond substituents is 1. The number of rotatable bonds is 8. The summed E-state index contributed by atoms with van der Waals surface area (Å²) in [5, 5.41) is 23.6. The van der Waals surface area contributed by atoms with Gasteiger partial charge in [-0.15, -0.1) is 0 Å². The molecule has 284 valence electrons. The number of hydrogen-bond acceptors (Lipinski definition) is 6. The predicted octanol–water partition coefficient (Wildman–Crippen LogP) is 5.46. The standard InChI is InChI=1S/C39H55N5O7S/c1-25(2)52(50,51)42-17-11-30(12-18-42)29-9-15-41(16-10-29)37(46)33(23-28-21-26(3)36(45)27(4)22-28)35-24-32(14-20-44(35)39(48)49)43-19-13-31-7-5-6-8-34(31)40-38(43)47/h5-8,21-22,25,29-30,32-33,35,45H,9-20,23-24H2,1-4H3,(H,40,47)(H,48,49)/t32-,33?,35?/m1/s1. The molecule has 3 saturated heterocycles. The molecule has 2 unspecified atom stereocenters. The molecule has 4 amide bonds. The molecule has 0 bridgehead atoms. The summed E-state index contributed by atoms with van der Waals surface area (Å²) in [4.78, 5) is 46.2. The van der Waals surface area contributed by atoms with Crippen LogP contribution in [0.5, 0.6) is 5.75 Å². The van der Waals surface area contributed by atoms with Crippen LogP contribution in [0.4, 0.5) is 15.3 Å². The average Bonchev–Trinajstić information content (AvgIpc) is 3.30. The number of carbonyl (C=O) groups is 3. The number of carboxylic acid groups (broad SMARTS) is 1. The first-order chi connectivity index (χ1) is 24.7. The average molecular weight is 738 g/mol. The van der Waals surface area contributed by atoms with Crippen LogP contribution in [0, 0.1) is 31.6 Å². The second kappa shape index (κ2) is 15.6. The summed E-state index contributed by atoms with van der Waals surface area (Å²) >= 11 is 0. The van der Waals surface area contributed by atoms with Crippen molar-refractivity contribution < 1.29 is 33.0 Å². The van der Waals surface area contributed by atoms with Gasteiger partial charge in [-0.3, -0.25) is 4.79 Å². The summed E-state index contributed by atoms with van der Waals surface area (Å²) in [5.41, 5.74) is 4.10. The third kappa shape index (κ3) is 7.90. The number of piperidine rings is 3. The molecule has 0 saturated carbocycles. The molecule has 52 heavy (non-hydrogen) atoms. The summed E-state index contributed by atoms with van der Waals surface area (Å²) in [5.74, 6) is 0.246. The fraction of sp³-hybridized carbons (Fsp3) is 0.615. The van der Waals surface area contributed by atoms with Crippen molar-refractivity contribution in [3.8, 4) is 5.75 Å². The molecule has 3 fully saturated rings. The van der Waals surface area contributed by atoms with Crippen molar-refractivity contribution in [2.24, 2.45) is 17.8 Å². The lowest BCUT2D eigenvalue weighted by atomic mass is 9.78. The lowest BCUT2D eigenvalue weighted by Gasteiger charge is -2.46. The van der Waals surface area contributed by atoms with E-state index in [4.69, 9.17) is 0 Å². The Morgan fingerprint density at radius 2 is 1.52 bits per heavy atom. The van der Waals surface area contributed by atoms with Crippen LogP contribution in [0.3, 0.4) is 0 Å². The number of hydrogen-bond donors (Lipinski definition) is 3. The summed E-state index contributed by atoms with van der Waals surface area (Å²) in [6.07, 6.45) is 4.01. The largest absolute Gasteiger partial charge is 0.507 e. The van der Waals surface area contributed by atoms with Crippen LogP contribution in [0.1, 0.15) is 74.6 Å². The first-order valence-corrected chi connectivity index (χ1v) is 20.5. The molecule has 2 aromatic carbocycles. The number of phenols is 1. The van der Waals surface area contributed by atoms with E-state index in [0.29, 0.717) is 81.4 Å². The normalized spacial score (nSPS) is 23.2. The molecule has 12 nitrogen and oxygen atoms in total. The highest BCUT2D eigenvalue weighted by molar-refractivity contribution is 7.89. The van der Waals surface area contributed by atoms with E-state index in [9.17, 15) is 33.0 Å². The predicted molar refractivity (Wildman–Crippen MR) is 200 cm³/mol. The molecule has 2 aromatic rings. The van der Waals surface area contributed by atoms with E-state index in [2.05, 4.69) is 5.32 Å². The van der Waals surface area contributed by atoms with Crippen molar-refractivity contribution in [2.75, 3.05) is 44.6 Å². The summed E-state index contributed by atoms with van der Waals surface area (Å²) in [6.45, 7) is 10.0. The first-order valence-electron chi connectivity index (χ1n) is 19.0. The van der Waals surface area contributed by atoms with Gasteiger partial charge in [0.15, 0.2) is 0 Å². The van der Waals surface area contributed by atoms with E-state index in [0.717, 1.165) is 42.5 Å². The summed E-state index contributed by atoms with van der Waals surface area (Å²) in [6, 6.07) is 10.4. The van der Waals surface area contributed by atoms with Crippen molar-refractivity contribution in [1.82, 2.24) is 19.0 Å². The van der Waals surface area contributed by atoms with E-state index < -0.39 is 33.3 Å². The fourth-order valence-corrected chi connectivity index (χ4v) is 10.5. The number of nitrogens with one attached hydrogen (secondary N) is 1. The fourth-order valence-electron chi connectivity index (χ4n) is 9.15. The third-order valence-corrected chi connectivity index (χ3v) is 14.5. The van der Waals surface area contributed by atoms with Gasteiger partial charge < -0.3 is 30.2 Å². The Labute approximate surface area is 308 Å². The molecule has 4 aliphatic rings.